The van der Waals surface area contributed by atoms with E-state index in [0.29, 0.717) is 6.61 Å². The van der Waals surface area contributed by atoms with Crippen molar-refractivity contribution >= 4 is 11.6 Å². The fourth-order valence-corrected chi connectivity index (χ4v) is 2.87. The van der Waals surface area contributed by atoms with E-state index in [0.717, 1.165) is 35.4 Å². The molecule has 0 fully saturated rings. The van der Waals surface area contributed by atoms with Crippen LogP contribution in [0, 0.1) is 0 Å². The van der Waals surface area contributed by atoms with E-state index < -0.39 is 0 Å². The van der Waals surface area contributed by atoms with Gasteiger partial charge in [-0.1, -0.05) is 37.3 Å². The molecule has 0 spiro atoms. The molecule has 1 atom stereocenters. The van der Waals surface area contributed by atoms with Gasteiger partial charge in [0.25, 0.3) is 0 Å². The van der Waals surface area contributed by atoms with E-state index in [1.54, 1.807) is 11.9 Å². The summed E-state index contributed by atoms with van der Waals surface area (Å²) in [6.07, 6.45) is 1.71. The Morgan fingerprint density at radius 3 is 2.50 bits per heavy atom. The van der Waals surface area contributed by atoms with Gasteiger partial charge in [0.05, 0.1) is 18.4 Å². The molecular formula is C20H22N2O2. The predicted octanol–water partition coefficient (Wildman–Crippen LogP) is 4.17. The van der Waals surface area contributed by atoms with Crippen LogP contribution in [0.15, 0.2) is 59.7 Å². The SMILES string of the molecule is CCCOc1ccc(C2=NN(C(C)=O)[C@H](c3ccccc3)C2)cc1. The minimum atomic E-state index is -0.0400. The van der Waals surface area contributed by atoms with Crippen LogP contribution < -0.4 is 4.74 Å². The van der Waals surface area contributed by atoms with E-state index in [2.05, 4.69) is 12.0 Å². The molecule has 1 heterocycles. The molecule has 1 aliphatic rings. The second-order valence-electron chi connectivity index (χ2n) is 5.91. The van der Waals surface area contributed by atoms with Crippen LogP contribution in [0.3, 0.4) is 0 Å². The van der Waals surface area contributed by atoms with Gasteiger partial charge < -0.3 is 4.74 Å². The van der Waals surface area contributed by atoms with Crippen molar-refractivity contribution in [2.75, 3.05) is 6.61 Å². The second kappa shape index (κ2) is 7.30. The average Bonchev–Trinajstić information content (AvgIpc) is 3.07. The summed E-state index contributed by atoms with van der Waals surface area (Å²) in [6, 6.07) is 18.0. The van der Waals surface area contributed by atoms with Crippen LogP contribution in [0.1, 0.15) is 43.9 Å². The summed E-state index contributed by atoms with van der Waals surface area (Å²) in [5.41, 5.74) is 3.07. The maximum absolute atomic E-state index is 12.0. The number of ether oxygens (including phenoxy) is 1. The van der Waals surface area contributed by atoms with Gasteiger partial charge in [0.1, 0.15) is 5.75 Å². The van der Waals surface area contributed by atoms with E-state index in [-0.39, 0.29) is 11.9 Å². The predicted molar refractivity (Wildman–Crippen MR) is 95.1 cm³/mol. The van der Waals surface area contributed by atoms with Crippen molar-refractivity contribution in [3.8, 4) is 5.75 Å². The first-order chi connectivity index (χ1) is 11.7. The highest BCUT2D eigenvalue weighted by Gasteiger charge is 2.31. The Kier molecular flexibility index (Phi) is 4.94. The number of hydrogen-bond acceptors (Lipinski definition) is 3. The summed E-state index contributed by atoms with van der Waals surface area (Å²) in [5, 5.41) is 6.16. The molecular weight excluding hydrogens is 300 g/mol. The molecule has 4 heteroatoms. The summed E-state index contributed by atoms with van der Waals surface area (Å²) < 4.78 is 5.62. The lowest BCUT2D eigenvalue weighted by Gasteiger charge is -2.20. The zero-order valence-corrected chi connectivity index (χ0v) is 14.1. The Morgan fingerprint density at radius 1 is 1.17 bits per heavy atom. The number of hydrogen-bond donors (Lipinski definition) is 0. The summed E-state index contributed by atoms with van der Waals surface area (Å²) in [6.45, 7) is 4.36. The number of nitrogens with zero attached hydrogens (tertiary/aromatic N) is 2. The van der Waals surface area contributed by atoms with Crippen LogP contribution in [0.2, 0.25) is 0 Å². The van der Waals surface area contributed by atoms with Gasteiger partial charge in [-0.2, -0.15) is 5.10 Å². The van der Waals surface area contributed by atoms with Crippen LogP contribution in [-0.2, 0) is 4.79 Å². The van der Waals surface area contributed by atoms with Gasteiger partial charge >= 0.3 is 0 Å². The molecule has 0 aromatic heterocycles. The fraction of sp³-hybridized carbons (Fsp3) is 0.300. The van der Waals surface area contributed by atoms with E-state index in [1.165, 1.54) is 0 Å². The normalized spacial score (nSPS) is 16.8. The van der Waals surface area contributed by atoms with E-state index in [4.69, 9.17) is 4.74 Å². The largest absolute Gasteiger partial charge is 0.494 e. The molecule has 0 unspecified atom stereocenters. The van der Waals surface area contributed by atoms with Crippen molar-refractivity contribution in [2.45, 2.75) is 32.7 Å². The summed E-state index contributed by atoms with van der Waals surface area (Å²) in [7, 11) is 0. The van der Waals surface area contributed by atoms with Crippen molar-refractivity contribution in [1.82, 2.24) is 5.01 Å². The number of amides is 1. The van der Waals surface area contributed by atoms with Crippen molar-refractivity contribution in [1.29, 1.82) is 0 Å². The van der Waals surface area contributed by atoms with Crippen LogP contribution in [0.4, 0.5) is 0 Å². The first kappa shape index (κ1) is 16.2. The van der Waals surface area contributed by atoms with Gasteiger partial charge in [0.15, 0.2) is 0 Å². The molecule has 1 aliphatic heterocycles. The molecule has 0 bridgehead atoms. The van der Waals surface area contributed by atoms with Gasteiger partial charge in [0.2, 0.25) is 5.91 Å². The molecule has 0 aliphatic carbocycles. The number of carbonyl (C=O) groups is 1. The monoisotopic (exact) mass is 322 g/mol. The molecule has 24 heavy (non-hydrogen) atoms. The van der Waals surface area contributed by atoms with Gasteiger partial charge in [-0.15, -0.1) is 0 Å². The highest BCUT2D eigenvalue weighted by atomic mass is 16.5. The molecule has 0 saturated heterocycles. The van der Waals surface area contributed by atoms with Gasteiger partial charge in [-0.25, -0.2) is 5.01 Å². The third-order valence-corrected chi connectivity index (χ3v) is 4.08. The molecule has 1 amide bonds. The Bertz CT molecular complexity index is 723. The third kappa shape index (κ3) is 3.48. The maximum Gasteiger partial charge on any atom is 0.240 e. The van der Waals surface area contributed by atoms with Gasteiger partial charge in [-0.3, -0.25) is 4.79 Å². The third-order valence-electron chi connectivity index (χ3n) is 4.08. The van der Waals surface area contributed by atoms with Gasteiger partial charge in [-0.05, 0) is 41.8 Å². The van der Waals surface area contributed by atoms with Crippen molar-refractivity contribution in [2.24, 2.45) is 5.10 Å². The zero-order valence-electron chi connectivity index (χ0n) is 14.1. The Balaban J connectivity index is 1.81. The number of hydrazone groups is 1. The lowest BCUT2D eigenvalue weighted by Crippen LogP contribution is -2.24. The smallest absolute Gasteiger partial charge is 0.240 e. The summed E-state index contributed by atoms with van der Waals surface area (Å²) in [5.74, 6) is 0.823. The first-order valence-corrected chi connectivity index (χ1v) is 8.34. The first-order valence-electron chi connectivity index (χ1n) is 8.34. The topological polar surface area (TPSA) is 41.9 Å². The van der Waals surface area contributed by atoms with E-state index >= 15 is 0 Å². The molecule has 3 rings (SSSR count). The van der Waals surface area contributed by atoms with Gasteiger partial charge in [0, 0.05) is 13.3 Å². The highest BCUT2D eigenvalue weighted by Crippen LogP contribution is 2.32. The average molecular weight is 322 g/mol. The van der Waals surface area contributed by atoms with E-state index in [1.807, 2.05) is 54.6 Å². The lowest BCUT2D eigenvalue weighted by atomic mass is 9.98. The summed E-state index contributed by atoms with van der Waals surface area (Å²) in [4.78, 5) is 12.0. The molecule has 2 aromatic carbocycles. The van der Waals surface area contributed by atoms with Crippen LogP contribution in [0.25, 0.3) is 0 Å². The standard InChI is InChI=1S/C20H22N2O2/c1-3-13-24-18-11-9-16(10-12-18)19-14-20(22(21-19)15(2)23)17-7-5-4-6-8-17/h4-12,20H,3,13-14H2,1-2H3/t20-/m0/s1. The fourth-order valence-electron chi connectivity index (χ4n) is 2.87. The quantitative estimate of drug-likeness (QED) is 0.829. The second-order valence-corrected chi connectivity index (χ2v) is 5.91. The molecule has 0 N–H and O–H groups in total. The zero-order chi connectivity index (χ0) is 16.9. The van der Waals surface area contributed by atoms with Crippen LogP contribution in [-0.4, -0.2) is 23.2 Å². The lowest BCUT2D eigenvalue weighted by molar-refractivity contribution is -0.130. The Labute approximate surface area is 142 Å². The van der Waals surface area contributed by atoms with E-state index in [9.17, 15) is 4.79 Å². The Morgan fingerprint density at radius 2 is 1.88 bits per heavy atom. The Hall–Kier alpha value is -2.62. The number of carbonyl (C=O) groups excluding carboxylic acids is 1. The number of rotatable bonds is 5. The van der Waals surface area contributed by atoms with Crippen molar-refractivity contribution < 1.29 is 9.53 Å². The van der Waals surface area contributed by atoms with Crippen LogP contribution >= 0.6 is 0 Å². The summed E-state index contributed by atoms with van der Waals surface area (Å²) >= 11 is 0. The van der Waals surface area contributed by atoms with Crippen molar-refractivity contribution in [3.05, 3.63) is 65.7 Å². The molecule has 2 aromatic rings. The highest BCUT2D eigenvalue weighted by molar-refractivity contribution is 6.03. The molecule has 124 valence electrons. The minimum Gasteiger partial charge on any atom is -0.494 e. The van der Waals surface area contributed by atoms with Crippen LogP contribution in [0.5, 0.6) is 5.75 Å². The molecule has 4 nitrogen and oxygen atoms in total. The maximum atomic E-state index is 12.0. The number of benzene rings is 2. The van der Waals surface area contributed by atoms with Crippen molar-refractivity contribution in [3.63, 3.8) is 0 Å². The molecule has 0 saturated carbocycles. The molecule has 0 radical (unpaired) electrons. The minimum absolute atomic E-state index is 0.0327.